The highest BCUT2D eigenvalue weighted by Gasteiger charge is 2.17. The van der Waals surface area contributed by atoms with E-state index in [1.165, 1.54) is 40.6 Å². The van der Waals surface area contributed by atoms with Crippen LogP contribution in [0.4, 0.5) is 0 Å². The fraction of sp³-hybridized carbons (Fsp3) is 0.571. The molecular weight excluding hydrogens is 294 g/mol. The Kier molecular flexibility index (Phi) is 4.95. The third kappa shape index (κ3) is 3.49. The first-order valence-electron chi connectivity index (χ1n) is 6.34. The summed E-state index contributed by atoms with van der Waals surface area (Å²) in [5.41, 5.74) is 1.34. The van der Waals surface area contributed by atoms with Crippen LogP contribution in [0.1, 0.15) is 44.2 Å². The van der Waals surface area contributed by atoms with Gasteiger partial charge in [0.2, 0.25) is 0 Å². The monoisotopic (exact) mass is 313 g/mol. The van der Waals surface area contributed by atoms with Crippen molar-refractivity contribution in [2.75, 3.05) is 7.05 Å². The minimum absolute atomic E-state index is 0.414. The topological polar surface area (TPSA) is 12.0 Å². The van der Waals surface area contributed by atoms with Gasteiger partial charge in [-0.15, -0.1) is 11.8 Å². The Bertz CT molecular complexity index is 374. The maximum Gasteiger partial charge on any atom is 0.0314 e. The van der Waals surface area contributed by atoms with Gasteiger partial charge in [0.1, 0.15) is 0 Å². The summed E-state index contributed by atoms with van der Waals surface area (Å²) in [5.74, 6) is 0. The lowest BCUT2D eigenvalue weighted by Gasteiger charge is -2.14. The van der Waals surface area contributed by atoms with E-state index in [1.807, 2.05) is 18.8 Å². The summed E-state index contributed by atoms with van der Waals surface area (Å²) < 4.78 is 1.24. The molecule has 1 N–H and O–H groups in total. The highest BCUT2D eigenvalue weighted by Crippen LogP contribution is 2.38. The summed E-state index contributed by atoms with van der Waals surface area (Å²) in [7, 11) is 2.00. The molecule has 0 radical (unpaired) electrons. The van der Waals surface area contributed by atoms with Gasteiger partial charge in [0, 0.05) is 20.7 Å². The van der Waals surface area contributed by atoms with Crippen molar-refractivity contribution >= 4 is 27.7 Å². The first kappa shape index (κ1) is 13.4. The first-order chi connectivity index (χ1) is 8.20. The summed E-state index contributed by atoms with van der Waals surface area (Å²) in [6, 6.07) is 7.16. The number of nitrogens with one attached hydrogen (secondary N) is 1. The van der Waals surface area contributed by atoms with Crippen molar-refractivity contribution in [1.82, 2.24) is 5.32 Å². The average Bonchev–Trinajstić information content (AvgIpc) is 2.83. The number of halogens is 1. The van der Waals surface area contributed by atoms with Crippen LogP contribution >= 0.6 is 27.7 Å². The zero-order chi connectivity index (χ0) is 12.3. The lowest BCUT2D eigenvalue weighted by Crippen LogP contribution is -2.12. The number of hydrogen-bond acceptors (Lipinski definition) is 2. The van der Waals surface area contributed by atoms with Gasteiger partial charge in [0.25, 0.3) is 0 Å². The smallest absolute Gasteiger partial charge is 0.0314 e. The molecule has 1 aliphatic carbocycles. The maximum absolute atomic E-state index is 3.70. The van der Waals surface area contributed by atoms with Crippen molar-refractivity contribution in [1.29, 1.82) is 0 Å². The molecule has 1 unspecified atom stereocenters. The molecule has 2 rings (SSSR count). The predicted molar refractivity (Wildman–Crippen MR) is 79.7 cm³/mol. The molecular formula is C14H20BrNS. The summed E-state index contributed by atoms with van der Waals surface area (Å²) in [5, 5.41) is 4.11. The van der Waals surface area contributed by atoms with Gasteiger partial charge in [-0.25, -0.2) is 0 Å². The maximum atomic E-state index is 3.70. The SMILES string of the molecule is CNC(C)c1ccc(SC2CCCC2)c(Br)c1. The van der Waals surface area contributed by atoms with E-state index in [-0.39, 0.29) is 0 Å². The van der Waals surface area contributed by atoms with E-state index in [2.05, 4.69) is 46.4 Å². The molecule has 0 aliphatic heterocycles. The van der Waals surface area contributed by atoms with Crippen molar-refractivity contribution in [2.45, 2.75) is 48.8 Å². The number of rotatable bonds is 4. The standard InChI is InChI=1S/C14H20BrNS/c1-10(16-2)11-7-8-14(13(15)9-11)17-12-5-3-4-6-12/h7-10,12,16H,3-6H2,1-2H3. The number of benzene rings is 1. The van der Waals surface area contributed by atoms with Crippen LogP contribution in [-0.4, -0.2) is 12.3 Å². The molecule has 1 fully saturated rings. The van der Waals surface area contributed by atoms with Crippen molar-refractivity contribution in [2.24, 2.45) is 0 Å². The van der Waals surface area contributed by atoms with Crippen LogP contribution in [-0.2, 0) is 0 Å². The van der Waals surface area contributed by atoms with Crippen molar-refractivity contribution in [3.05, 3.63) is 28.2 Å². The van der Waals surface area contributed by atoms with E-state index < -0.39 is 0 Å². The van der Waals surface area contributed by atoms with Gasteiger partial charge in [-0.3, -0.25) is 0 Å². The normalized spacial score (nSPS) is 18.5. The van der Waals surface area contributed by atoms with Crippen molar-refractivity contribution in [3.63, 3.8) is 0 Å². The van der Waals surface area contributed by atoms with Gasteiger partial charge in [-0.2, -0.15) is 0 Å². The molecule has 3 heteroatoms. The zero-order valence-corrected chi connectivity index (χ0v) is 12.9. The predicted octanol–water partition coefficient (Wildman–Crippen LogP) is 4.76. The molecule has 0 heterocycles. The summed E-state index contributed by atoms with van der Waals surface area (Å²) >= 11 is 5.74. The third-order valence-electron chi connectivity index (χ3n) is 3.48. The van der Waals surface area contributed by atoms with Gasteiger partial charge in [0.15, 0.2) is 0 Å². The quantitative estimate of drug-likeness (QED) is 0.859. The Hall–Kier alpha value is 0.01000. The molecule has 1 aliphatic rings. The lowest BCUT2D eigenvalue weighted by atomic mass is 10.1. The van der Waals surface area contributed by atoms with Crippen LogP contribution in [0.5, 0.6) is 0 Å². The molecule has 1 atom stereocenters. The van der Waals surface area contributed by atoms with Crippen LogP contribution in [0.15, 0.2) is 27.6 Å². The fourth-order valence-corrected chi connectivity index (χ4v) is 4.16. The second kappa shape index (κ2) is 6.26. The highest BCUT2D eigenvalue weighted by atomic mass is 79.9. The zero-order valence-electron chi connectivity index (χ0n) is 10.5. The van der Waals surface area contributed by atoms with E-state index in [0.29, 0.717) is 6.04 Å². The van der Waals surface area contributed by atoms with Crippen LogP contribution < -0.4 is 5.32 Å². The molecule has 0 aromatic heterocycles. The Morgan fingerprint density at radius 3 is 2.65 bits per heavy atom. The second-order valence-electron chi connectivity index (χ2n) is 4.72. The van der Waals surface area contributed by atoms with E-state index in [4.69, 9.17) is 0 Å². The average molecular weight is 314 g/mol. The van der Waals surface area contributed by atoms with Gasteiger partial charge in [0.05, 0.1) is 0 Å². The molecule has 0 amide bonds. The Balaban J connectivity index is 2.08. The summed E-state index contributed by atoms with van der Waals surface area (Å²) in [6.45, 7) is 2.19. The van der Waals surface area contributed by atoms with E-state index in [0.717, 1.165) is 5.25 Å². The molecule has 0 saturated heterocycles. The molecule has 1 aromatic carbocycles. The van der Waals surface area contributed by atoms with Gasteiger partial charge in [-0.1, -0.05) is 18.9 Å². The highest BCUT2D eigenvalue weighted by molar-refractivity contribution is 9.10. The van der Waals surface area contributed by atoms with Crippen molar-refractivity contribution in [3.8, 4) is 0 Å². The largest absolute Gasteiger partial charge is 0.313 e. The number of hydrogen-bond donors (Lipinski definition) is 1. The summed E-state index contributed by atoms with van der Waals surface area (Å²) in [4.78, 5) is 1.39. The van der Waals surface area contributed by atoms with Crippen LogP contribution in [0.25, 0.3) is 0 Å². The lowest BCUT2D eigenvalue weighted by molar-refractivity contribution is 0.651. The number of thioether (sulfide) groups is 1. The van der Waals surface area contributed by atoms with Crippen LogP contribution in [0, 0.1) is 0 Å². The minimum atomic E-state index is 0.414. The van der Waals surface area contributed by atoms with E-state index in [9.17, 15) is 0 Å². The molecule has 0 bridgehead atoms. The fourth-order valence-electron chi connectivity index (χ4n) is 2.23. The minimum Gasteiger partial charge on any atom is -0.313 e. The van der Waals surface area contributed by atoms with Crippen LogP contribution in [0.2, 0.25) is 0 Å². The molecule has 1 saturated carbocycles. The Morgan fingerprint density at radius 1 is 1.35 bits per heavy atom. The molecule has 17 heavy (non-hydrogen) atoms. The van der Waals surface area contributed by atoms with E-state index in [1.54, 1.807) is 0 Å². The van der Waals surface area contributed by atoms with Crippen LogP contribution in [0.3, 0.4) is 0 Å². The molecule has 94 valence electrons. The first-order valence-corrected chi connectivity index (χ1v) is 8.01. The van der Waals surface area contributed by atoms with Gasteiger partial charge in [-0.05, 0) is 60.4 Å². The van der Waals surface area contributed by atoms with Crippen molar-refractivity contribution < 1.29 is 0 Å². The molecule has 1 aromatic rings. The van der Waals surface area contributed by atoms with E-state index >= 15 is 0 Å². The Labute approximate surface area is 117 Å². The Morgan fingerprint density at radius 2 is 2.06 bits per heavy atom. The third-order valence-corrected chi connectivity index (χ3v) is 5.82. The second-order valence-corrected chi connectivity index (χ2v) is 6.92. The molecule has 1 nitrogen and oxygen atoms in total. The van der Waals surface area contributed by atoms with Gasteiger partial charge < -0.3 is 5.32 Å². The van der Waals surface area contributed by atoms with Gasteiger partial charge >= 0.3 is 0 Å². The summed E-state index contributed by atoms with van der Waals surface area (Å²) in [6.07, 6.45) is 5.58. The molecule has 0 spiro atoms.